The number of ether oxygens (including phenoxy) is 1. The Morgan fingerprint density at radius 2 is 2.18 bits per heavy atom. The van der Waals surface area contributed by atoms with Crippen LogP contribution in [-0.4, -0.2) is 29.1 Å². The molecule has 0 saturated heterocycles. The normalized spacial score (nSPS) is 23.0. The predicted molar refractivity (Wildman–Crippen MR) is 76.2 cm³/mol. The average molecular weight is 332 g/mol. The lowest BCUT2D eigenvalue weighted by molar-refractivity contribution is -0.216. The van der Waals surface area contributed by atoms with Crippen LogP contribution in [0.1, 0.15) is 37.3 Å². The molecule has 0 spiro atoms. The fraction of sp³-hybridized carbons (Fsp3) is 0.533. The fourth-order valence-electron chi connectivity index (χ4n) is 2.82. The SMILES string of the molecule is O=C(NC1CCOc2c(Cl)cccc21)C(F)(F)C1(O)CCC1. The van der Waals surface area contributed by atoms with Gasteiger partial charge in [-0.1, -0.05) is 23.7 Å². The number of rotatable bonds is 3. The molecule has 3 rings (SSSR count). The first kappa shape index (κ1) is 15.5. The van der Waals surface area contributed by atoms with E-state index in [1.807, 2.05) is 0 Å². The second-order valence-corrected chi connectivity index (χ2v) is 6.19. The second kappa shape index (κ2) is 5.35. The first-order valence-corrected chi connectivity index (χ1v) is 7.55. The maximum atomic E-state index is 14.1. The van der Waals surface area contributed by atoms with E-state index < -0.39 is 23.5 Å². The number of fused-ring (bicyclic) bond motifs is 1. The molecule has 4 nitrogen and oxygen atoms in total. The number of carbonyl (C=O) groups excluding carboxylic acids is 1. The third-order valence-corrected chi connectivity index (χ3v) is 4.68. The van der Waals surface area contributed by atoms with Crippen molar-refractivity contribution in [2.45, 2.75) is 43.2 Å². The van der Waals surface area contributed by atoms with Crippen molar-refractivity contribution in [1.29, 1.82) is 0 Å². The van der Waals surface area contributed by atoms with Crippen LogP contribution in [0.3, 0.4) is 0 Å². The van der Waals surface area contributed by atoms with Gasteiger partial charge < -0.3 is 15.2 Å². The van der Waals surface area contributed by atoms with Gasteiger partial charge in [-0.3, -0.25) is 4.79 Å². The lowest BCUT2D eigenvalue weighted by atomic mass is 9.75. The molecule has 1 aliphatic heterocycles. The van der Waals surface area contributed by atoms with Crippen LogP contribution in [0.2, 0.25) is 5.02 Å². The van der Waals surface area contributed by atoms with E-state index in [-0.39, 0.29) is 19.4 Å². The van der Waals surface area contributed by atoms with Crippen molar-refractivity contribution >= 4 is 17.5 Å². The van der Waals surface area contributed by atoms with E-state index >= 15 is 0 Å². The summed E-state index contributed by atoms with van der Waals surface area (Å²) in [6.07, 6.45) is 0.732. The number of halogens is 3. The molecule has 1 aromatic carbocycles. The first-order valence-electron chi connectivity index (χ1n) is 7.17. The summed E-state index contributed by atoms with van der Waals surface area (Å²) < 4.78 is 33.7. The lowest BCUT2D eigenvalue weighted by Crippen LogP contribution is -2.61. The zero-order chi connectivity index (χ0) is 16.0. The Bertz CT molecular complexity index is 604. The van der Waals surface area contributed by atoms with Crippen LogP contribution in [0.4, 0.5) is 8.78 Å². The van der Waals surface area contributed by atoms with Crippen molar-refractivity contribution in [2.75, 3.05) is 6.61 Å². The van der Waals surface area contributed by atoms with Crippen LogP contribution in [0.25, 0.3) is 0 Å². The van der Waals surface area contributed by atoms with Crippen molar-refractivity contribution in [3.63, 3.8) is 0 Å². The monoisotopic (exact) mass is 331 g/mol. The summed E-state index contributed by atoms with van der Waals surface area (Å²) in [4.78, 5) is 12.0. The van der Waals surface area contributed by atoms with Crippen molar-refractivity contribution in [3.05, 3.63) is 28.8 Å². The number of hydrogen-bond donors (Lipinski definition) is 2. The largest absolute Gasteiger partial charge is 0.492 e. The Morgan fingerprint density at radius 3 is 2.82 bits per heavy atom. The van der Waals surface area contributed by atoms with E-state index in [2.05, 4.69) is 5.32 Å². The van der Waals surface area contributed by atoms with E-state index in [4.69, 9.17) is 16.3 Å². The molecule has 1 saturated carbocycles. The Kier molecular flexibility index (Phi) is 3.77. The molecular weight excluding hydrogens is 316 g/mol. The third kappa shape index (κ3) is 2.34. The summed E-state index contributed by atoms with van der Waals surface area (Å²) >= 11 is 6.01. The summed E-state index contributed by atoms with van der Waals surface area (Å²) in [6, 6.07) is 4.38. The molecule has 1 aromatic rings. The molecular formula is C15H16ClF2NO3. The number of nitrogens with one attached hydrogen (secondary N) is 1. The fourth-order valence-corrected chi connectivity index (χ4v) is 3.06. The Morgan fingerprint density at radius 1 is 1.45 bits per heavy atom. The molecule has 1 amide bonds. The average Bonchev–Trinajstić information content (AvgIpc) is 2.45. The molecule has 7 heteroatoms. The molecule has 0 radical (unpaired) electrons. The van der Waals surface area contributed by atoms with Gasteiger partial charge >= 0.3 is 5.92 Å². The van der Waals surface area contributed by atoms with Crippen LogP contribution in [0.15, 0.2) is 18.2 Å². The summed E-state index contributed by atoms with van der Waals surface area (Å²) in [5.41, 5.74) is -1.65. The van der Waals surface area contributed by atoms with Crippen molar-refractivity contribution in [1.82, 2.24) is 5.32 Å². The van der Waals surface area contributed by atoms with Gasteiger partial charge in [-0.25, -0.2) is 0 Å². The molecule has 1 aliphatic carbocycles. The minimum absolute atomic E-state index is 0.0659. The van der Waals surface area contributed by atoms with Crippen molar-refractivity contribution < 1.29 is 23.4 Å². The van der Waals surface area contributed by atoms with Gasteiger partial charge in [-0.15, -0.1) is 0 Å². The number of aliphatic hydroxyl groups is 1. The van der Waals surface area contributed by atoms with E-state index in [1.54, 1.807) is 18.2 Å². The molecule has 1 heterocycles. The zero-order valence-electron chi connectivity index (χ0n) is 11.7. The molecule has 2 aliphatic rings. The standard InChI is InChI=1S/C15H16ClF2NO3/c16-10-4-1-3-9-11(5-8-22-12(9)10)19-13(20)15(17,18)14(21)6-2-7-14/h1,3-4,11,21H,2,5-8H2,(H,19,20). The summed E-state index contributed by atoms with van der Waals surface area (Å²) in [5, 5.41) is 12.5. The highest BCUT2D eigenvalue weighted by Gasteiger charge is 2.61. The Hall–Kier alpha value is -1.40. The van der Waals surface area contributed by atoms with Gasteiger partial charge in [0.05, 0.1) is 17.7 Å². The zero-order valence-corrected chi connectivity index (χ0v) is 12.5. The molecule has 1 unspecified atom stereocenters. The molecule has 1 fully saturated rings. The highest BCUT2D eigenvalue weighted by atomic mass is 35.5. The summed E-state index contributed by atoms with van der Waals surface area (Å²) in [6.45, 7) is 0.275. The topological polar surface area (TPSA) is 58.6 Å². The van der Waals surface area contributed by atoms with Crippen LogP contribution in [-0.2, 0) is 4.79 Å². The van der Waals surface area contributed by atoms with Gasteiger partial charge in [-0.2, -0.15) is 8.78 Å². The van der Waals surface area contributed by atoms with E-state index in [9.17, 15) is 18.7 Å². The third-order valence-electron chi connectivity index (χ3n) is 4.38. The highest BCUT2D eigenvalue weighted by molar-refractivity contribution is 6.32. The van der Waals surface area contributed by atoms with Crippen molar-refractivity contribution in [3.8, 4) is 5.75 Å². The van der Waals surface area contributed by atoms with Crippen LogP contribution < -0.4 is 10.1 Å². The summed E-state index contributed by atoms with van der Waals surface area (Å²) in [5.74, 6) is -4.85. The van der Waals surface area contributed by atoms with Crippen LogP contribution in [0.5, 0.6) is 5.75 Å². The van der Waals surface area contributed by atoms with Gasteiger partial charge in [0, 0.05) is 12.0 Å². The van der Waals surface area contributed by atoms with Gasteiger partial charge in [-0.05, 0) is 25.3 Å². The number of carbonyl (C=O) groups is 1. The smallest absolute Gasteiger partial charge is 0.352 e. The Labute approximate surface area is 131 Å². The summed E-state index contributed by atoms with van der Waals surface area (Å²) in [7, 11) is 0. The quantitative estimate of drug-likeness (QED) is 0.895. The van der Waals surface area contributed by atoms with E-state index in [0.29, 0.717) is 29.2 Å². The number of benzene rings is 1. The maximum absolute atomic E-state index is 14.1. The number of para-hydroxylation sites is 1. The second-order valence-electron chi connectivity index (χ2n) is 5.78. The van der Waals surface area contributed by atoms with Gasteiger partial charge in [0.15, 0.2) is 0 Å². The minimum Gasteiger partial charge on any atom is -0.492 e. The lowest BCUT2D eigenvalue weighted by Gasteiger charge is -2.42. The number of amides is 1. The maximum Gasteiger partial charge on any atom is 0.352 e. The Balaban J connectivity index is 1.80. The van der Waals surface area contributed by atoms with Gasteiger partial charge in [0.1, 0.15) is 11.4 Å². The van der Waals surface area contributed by atoms with Gasteiger partial charge in [0.25, 0.3) is 5.91 Å². The van der Waals surface area contributed by atoms with Crippen LogP contribution in [0, 0.1) is 0 Å². The molecule has 0 aromatic heterocycles. The number of alkyl halides is 2. The van der Waals surface area contributed by atoms with Crippen molar-refractivity contribution in [2.24, 2.45) is 0 Å². The molecule has 22 heavy (non-hydrogen) atoms. The molecule has 1 atom stereocenters. The van der Waals surface area contributed by atoms with Gasteiger partial charge in [0.2, 0.25) is 0 Å². The predicted octanol–water partition coefficient (Wildman–Crippen LogP) is 2.83. The van der Waals surface area contributed by atoms with Crippen LogP contribution >= 0.6 is 11.6 Å². The molecule has 120 valence electrons. The molecule has 0 bridgehead atoms. The first-order chi connectivity index (χ1) is 10.3. The van der Waals surface area contributed by atoms with E-state index in [0.717, 1.165) is 0 Å². The minimum atomic E-state index is -3.80. The highest BCUT2D eigenvalue weighted by Crippen LogP contribution is 2.45. The molecule has 2 N–H and O–H groups in total. The number of hydrogen-bond acceptors (Lipinski definition) is 3. The van der Waals surface area contributed by atoms with E-state index in [1.165, 1.54) is 0 Å².